The lowest BCUT2D eigenvalue weighted by molar-refractivity contribution is 0.366. The molecule has 1 N–H and O–H groups in total. The van der Waals surface area contributed by atoms with E-state index in [0.29, 0.717) is 17.5 Å². The topological polar surface area (TPSA) is 73.3 Å². The standard InChI is InChI=1S/C15H15N3O3/c1-10(16-11-6-3-4-7-12(11)19-2)15-17-14(18-21-15)13-8-5-9-20-13/h3-10,16H,1-2H3. The Morgan fingerprint density at radius 3 is 2.81 bits per heavy atom. The maximum absolute atomic E-state index is 5.30. The number of methoxy groups -OCH3 is 1. The van der Waals surface area contributed by atoms with Crippen molar-refractivity contribution in [1.82, 2.24) is 10.1 Å². The van der Waals surface area contributed by atoms with Gasteiger partial charge in [-0.15, -0.1) is 0 Å². The van der Waals surface area contributed by atoms with Gasteiger partial charge < -0.3 is 19.0 Å². The highest BCUT2D eigenvalue weighted by atomic mass is 16.5. The third kappa shape index (κ3) is 2.74. The number of hydrogen-bond donors (Lipinski definition) is 1. The summed E-state index contributed by atoms with van der Waals surface area (Å²) >= 11 is 0. The van der Waals surface area contributed by atoms with Gasteiger partial charge >= 0.3 is 0 Å². The van der Waals surface area contributed by atoms with Crippen molar-refractivity contribution >= 4 is 5.69 Å². The first-order valence-electron chi connectivity index (χ1n) is 6.55. The molecule has 0 amide bonds. The van der Waals surface area contributed by atoms with E-state index in [-0.39, 0.29) is 6.04 Å². The van der Waals surface area contributed by atoms with Gasteiger partial charge in [0.15, 0.2) is 5.76 Å². The number of rotatable bonds is 5. The number of para-hydroxylation sites is 2. The molecule has 0 fully saturated rings. The van der Waals surface area contributed by atoms with Crippen LogP contribution in [0.1, 0.15) is 18.9 Å². The van der Waals surface area contributed by atoms with E-state index in [0.717, 1.165) is 11.4 Å². The average Bonchev–Trinajstić information content (AvgIpc) is 3.18. The van der Waals surface area contributed by atoms with Gasteiger partial charge in [0.1, 0.15) is 11.8 Å². The number of aromatic nitrogens is 2. The molecule has 0 bridgehead atoms. The molecule has 2 aromatic heterocycles. The lowest BCUT2D eigenvalue weighted by Gasteiger charge is -2.14. The van der Waals surface area contributed by atoms with Crippen molar-refractivity contribution < 1.29 is 13.7 Å². The minimum Gasteiger partial charge on any atom is -0.495 e. The number of ether oxygens (including phenoxy) is 1. The SMILES string of the molecule is COc1ccccc1NC(C)c1nc(-c2ccco2)no1. The molecule has 0 aliphatic rings. The van der Waals surface area contributed by atoms with E-state index in [1.807, 2.05) is 31.2 Å². The maximum atomic E-state index is 5.30. The Morgan fingerprint density at radius 1 is 1.19 bits per heavy atom. The molecule has 21 heavy (non-hydrogen) atoms. The van der Waals surface area contributed by atoms with E-state index in [1.165, 1.54) is 0 Å². The molecule has 1 unspecified atom stereocenters. The molecule has 6 nitrogen and oxygen atoms in total. The Hall–Kier alpha value is -2.76. The first kappa shape index (κ1) is 13.2. The van der Waals surface area contributed by atoms with Gasteiger partial charge in [-0.25, -0.2) is 0 Å². The summed E-state index contributed by atoms with van der Waals surface area (Å²) in [6, 6.07) is 11.1. The zero-order valence-electron chi connectivity index (χ0n) is 11.7. The smallest absolute Gasteiger partial charge is 0.249 e. The molecule has 6 heteroatoms. The van der Waals surface area contributed by atoms with E-state index < -0.39 is 0 Å². The van der Waals surface area contributed by atoms with Gasteiger partial charge in [-0.2, -0.15) is 4.98 Å². The third-order valence-corrected chi connectivity index (χ3v) is 3.03. The second kappa shape index (κ2) is 5.70. The Kier molecular flexibility index (Phi) is 3.59. The summed E-state index contributed by atoms with van der Waals surface area (Å²) in [6.07, 6.45) is 1.57. The van der Waals surface area contributed by atoms with Gasteiger partial charge in [-0.3, -0.25) is 0 Å². The van der Waals surface area contributed by atoms with Crippen LogP contribution in [0.2, 0.25) is 0 Å². The van der Waals surface area contributed by atoms with E-state index >= 15 is 0 Å². The Bertz CT molecular complexity index is 707. The number of nitrogens with one attached hydrogen (secondary N) is 1. The molecule has 0 radical (unpaired) electrons. The number of anilines is 1. The highest BCUT2D eigenvalue weighted by molar-refractivity contribution is 5.57. The van der Waals surface area contributed by atoms with Crippen molar-refractivity contribution in [3.63, 3.8) is 0 Å². The van der Waals surface area contributed by atoms with Crippen LogP contribution >= 0.6 is 0 Å². The van der Waals surface area contributed by atoms with Crippen molar-refractivity contribution in [3.05, 3.63) is 48.6 Å². The summed E-state index contributed by atoms with van der Waals surface area (Å²) in [5.41, 5.74) is 0.866. The van der Waals surface area contributed by atoms with Crippen molar-refractivity contribution in [3.8, 4) is 17.3 Å². The molecule has 3 aromatic rings. The molecular weight excluding hydrogens is 270 g/mol. The Labute approximate surface area is 121 Å². The monoisotopic (exact) mass is 285 g/mol. The zero-order chi connectivity index (χ0) is 14.7. The van der Waals surface area contributed by atoms with Crippen molar-refractivity contribution in [2.45, 2.75) is 13.0 Å². The van der Waals surface area contributed by atoms with Crippen molar-refractivity contribution in [2.75, 3.05) is 12.4 Å². The highest BCUT2D eigenvalue weighted by Gasteiger charge is 2.17. The summed E-state index contributed by atoms with van der Waals surface area (Å²) in [7, 11) is 1.63. The van der Waals surface area contributed by atoms with Gasteiger partial charge in [0.25, 0.3) is 0 Å². The lowest BCUT2D eigenvalue weighted by atomic mass is 10.2. The number of benzene rings is 1. The summed E-state index contributed by atoms with van der Waals surface area (Å²) in [6.45, 7) is 1.94. The average molecular weight is 285 g/mol. The first-order valence-corrected chi connectivity index (χ1v) is 6.55. The molecule has 0 saturated heterocycles. The molecule has 108 valence electrons. The predicted molar refractivity (Wildman–Crippen MR) is 77.0 cm³/mol. The van der Waals surface area contributed by atoms with Crippen LogP contribution in [0.15, 0.2) is 51.6 Å². The Morgan fingerprint density at radius 2 is 2.05 bits per heavy atom. The summed E-state index contributed by atoms with van der Waals surface area (Å²) in [4.78, 5) is 4.33. The minimum absolute atomic E-state index is 0.155. The second-order valence-electron chi connectivity index (χ2n) is 4.50. The molecule has 0 saturated carbocycles. The van der Waals surface area contributed by atoms with Crippen molar-refractivity contribution in [2.24, 2.45) is 0 Å². The lowest BCUT2D eigenvalue weighted by Crippen LogP contribution is -2.08. The van der Waals surface area contributed by atoms with E-state index in [2.05, 4.69) is 15.5 Å². The van der Waals surface area contributed by atoms with E-state index in [4.69, 9.17) is 13.7 Å². The van der Waals surface area contributed by atoms with Crippen LogP contribution in [-0.2, 0) is 0 Å². The Balaban J connectivity index is 1.78. The molecule has 0 spiro atoms. The third-order valence-electron chi connectivity index (χ3n) is 3.03. The first-order chi connectivity index (χ1) is 10.3. The highest BCUT2D eigenvalue weighted by Crippen LogP contribution is 2.28. The largest absolute Gasteiger partial charge is 0.495 e. The normalized spacial score (nSPS) is 12.1. The fourth-order valence-electron chi connectivity index (χ4n) is 1.98. The second-order valence-corrected chi connectivity index (χ2v) is 4.50. The maximum Gasteiger partial charge on any atom is 0.249 e. The minimum atomic E-state index is -0.155. The predicted octanol–water partition coefficient (Wildman–Crippen LogP) is 3.51. The van der Waals surface area contributed by atoms with Crippen LogP contribution in [0.3, 0.4) is 0 Å². The van der Waals surface area contributed by atoms with E-state index in [1.54, 1.807) is 25.5 Å². The quantitative estimate of drug-likeness (QED) is 0.773. The number of hydrogen-bond acceptors (Lipinski definition) is 6. The van der Waals surface area contributed by atoms with Crippen LogP contribution in [0.5, 0.6) is 5.75 Å². The summed E-state index contributed by atoms with van der Waals surface area (Å²) < 4.78 is 15.8. The number of nitrogens with zero attached hydrogens (tertiary/aromatic N) is 2. The van der Waals surface area contributed by atoms with Gasteiger partial charge in [0.05, 0.1) is 19.1 Å². The molecule has 1 atom stereocenters. The zero-order valence-corrected chi connectivity index (χ0v) is 11.7. The van der Waals surface area contributed by atoms with Gasteiger partial charge in [0.2, 0.25) is 11.7 Å². The summed E-state index contributed by atoms with van der Waals surface area (Å²) in [5.74, 6) is 2.25. The molecule has 2 heterocycles. The van der Waals surface area contributed by atoms with Gasteiger partial charge in [0, 0.05) is 0 Å². The molecule has 0 aliphatic carbocycles. The van der Waals surface area contributed by atoms with Gasteiger partial charge in [-0.05, 0) is 31.2 Å². The van der Waals surface area contributed by atoms with Crippen molar-refractivity contribution in [1.29, 1.82) is 0 Å². The fourth-order valence-corrected chi connectivity index (χ4v) is 1.98. The van der Waals surface area contributed by atoms with Crippen LogP contribution in [-0.4, -0.2) is 17.3 Å². The molecular formula is C15H15N3O3. The molecule has 3 rings (SSSR count). The van der Waals surface area contributed by atoms with Crippen LogP contribution < -0.4 is 10.1 Å². The van der Waals surface area contributed by atoms with E-state index in [9.17, 15) is 0 Å². The molecule has 1 aromatic carbocycles. The van der Waals surface area contributed by atoms with Crippen LogP contribution in [0.25, 0.3) is 11.6 Å². The summed E-state index contributed by atoms with van der Waals surface area (Å²) in [5, 5.41) is 7.20. The molecule has 0 aliphatic heterocycles. The number of furan rings is 1. The van der Waals surface area contributed by atoms with Crippen LogP contribution in [0.4, 0.5) is 5.69 Å². The van der Waals surface area contributed by atoms with Crippen LogP contribution in [0, 0.1) is 0 Å². The fraction of sp³-hybridized carbons (Fsp3) is 0.200. The van der Waals surface area contributed by atoms with Gasteiger partial charge in [-0.1, -0.05) is 17.3 Å².